The number of hydrogen-bond donors (Lipinski definition) is 4. The number of benzene rings is 3. The molecule has 1 fully saturated rings. The van der Waals surface area contributed by atoms with Crippen molar-refractivity contribution in [2.45, 2.75) is 55.4 Å². The highest BCUT2D eigenvalue weighted by molar-refractivity contribution is 7.89. The number of sulfonamides is 1. The number of aliphatic carboxylic acids is 1. The van der Waals surface area contributed by atoms with Crippen molar-refractivity contribution in [3.05, 3.63) is 109 Å². The summed E-state index contributed by atoms with van der Waals surface area (Å²) >= 11 is 0. The third-order valence-corrected chi connectivity index (χ3v) is 10.2. The minimum Gasteiger partial charge on any atom is -0.475 e. The van der Waals surface area contributed by atoms with Gasteiger partial charge in [-0.1, -0.05) is 12.1 Å². The molecule has 2 heterocycles. The first-order valence-electron chi connectivity index (χ1n) is 15.9. The maximum Gasteiger partial charge on any atom is 0.490 e. The Bertz CT molecular complexity index is 2040. The highest BCUT2D eigenvalue weighted by atomic mass is 32.2. The Hall–Kier alpha value is -5.19. The van der Waals surface area contributed by atoms with Crippen LogP contribution in [0.4, 0.5) is 40.7 Å². The number of nitrogens with zero attached hydrogens (tertiary/aromatic N) is 4. The van der Waals surface area contributed by atoms with Crippen LogP contribution in [0.3, 0.4) is 0 Å². The first-order valence-corrected chi connectivity index (χ1v) is 17.3. The van der Waals surface area contributed by atoms with Crippen LogP contribution in [-0.4, -0.2) is 64.1 Å². The predicted molar refractivity (Wildman–Crippen MR) is 185 cm³/mol. The molecule has 3 aromatic carbocycles. The summed E-state index contributed by atoms with van der Waals surface area (Å²) in [7, 11) is -1.98. The zero-order chi connectivity index (χ0) is 36.6. The number of carboxylic acid groups (broad SMARTS) is 1. The van der Waals surface area contributed by atoms with Crippen LogP contribution in [0.15, 0.2) is 102 Å². The zero-order valence-electron chi connectivity index (χ0n) is 27.3. The van der Waals surface area contributed by atoms with Crippen molar-refractivity contribution >= 4 is 50.0 Å². The van der Waals surface area contributed by atoms with Crippen LogP contribution in [0.25, 0.3) is 10.9 Å². The molecule has 11 nitrogen and oxygen atoms in total. The number of aromatic nitrogens is 3. The van der Waals surface area contributed by atoms with Crippen LogP contribution >= 0.6 is 0 Å². The second-order valence-corrected chi connectivity index (χ2v) is 13.8. The molecule has 0 bridgehead atoms. The first-order chi connectivity index (χ1) is 24.3. The molecule has 16 heteroatoms. The largest absolute Gasteiger partial charge is 0.490 e. The average molecular weight is 726 g/mol. The number of halogens is 4. The Morgan fingerprint density at radius 2 is 1.53 bits per heavy atom. The van der Waals surface area contributed by atoms with E-state index in [1.807, 2.05) is 12.1 Å². The molecule has 0 atom stereocenters. The second-order valence-electron chi connectivity index (χ2n) is 11.8. The van der Waals surface area contributed by atoms with E-state index in [4.69, 9.17) is 9.90 Å². The Labute approximate surface area is 291 Å². The van der Waals surface area contributed by atoms with Gasteiger partial charge in [-0.3, -0.25) is 4.98 Å². The van der Waals surface area contributed by atoms with Gasteiger partial charge >= 0.3 is 12.1 Å². The summed E-state index contributed by atoms with van der Waals surface area (Å²) in [6.45, 7) is 0.773. The molecular formula is C35H35F4N7O4S. The number of anilines is 4. The minimum absolute atomic E-state index is 0.0488. The van der Waals surface area contributed by atoms with E-state index in [2.05, 4.69) is 49.1 Å². The third-order valence-electron chi connectivity index (χ3n) is 8.28. The fraction of sp³-hybridized carbons (Fsp3) is 0.257. The molecule has 0 aliphatic heterocycles. The van der Waals surface area contributed by atoms with E-state index in [9.17, 15) is 26.0 Å². The van der Waals surface area contributed by atoms with Crippen molar-refractivity contribution in [2.24, 2.45) is 0 Å². The van der Waals surface area contributed by atoms with Gasteiger partial charge in [0.05, 0.1) is 10.4 Å². The SMILES string of the molecule is CN(C1CCC(NCc2ccc3ncccc3c2)CC1)S(=O)(=O)c1ccc(Nc2nccc(Nc3ccc(F)cc3)n2)cc1.O=C(O)C(F)(F)F. The molecule has 0 spiro atoms. The Morgan fingerprint density at radius 3 is 2.20 bits per heavy atom. The van der Waals surface area contributed by atoms with Crippen LogP contribution in [-0.2, 0) is 21.4 Å². The van der Waals surface area contributed by atoms with Crippen LogP contribution in [0.5, 0.6) is 0 Å². The fourth-order valence-electron chi connectivity index (χ4n) is 5.51. The maximum absolute atomic E-state index is 13.5. The van der Waals surface area contributed by atoms with Gasteiger partial charge in [0, 0.05) is 54.8 Å². The zero-order valence-corrected chi connectivity index (χ0v) is 28.1. The van der Waals surface area contributed by atoms with Crippen molar-refractivity contribution in [2.75, 3.05) is 17.7 Å². The van der Waals surface area contributed by atoms with Gasteiger partial charge in [-0.05, 0) is 104 Å². The van der Waals surface area contributed by atoms with Gasteiger partial charge in [0.1, 0.15) is 11.6 Å². The summed E-state index contributed by atoms with van der Waals surface area (Å²) in [5, 5.41) is 18.1. The van der Waals surface area contributed by atoms with E-state index in [1.165, 1.54) is 22.0 Å². The maximum atomic E-state index is 13.5. The van der Waals surface area contributed by atoms with E-state index < -0.39 is 22.2 Å². The van der Waals surface area contributed by atoms with Crippen LogP contribution in [0.1, 0.15) is 31.2 Å². The summed E-state index contributed by atoms with van der Waals surface area (Å²) in [5.74, 6) is -2.20. The summed E-state index contributed by atoms with van der Waals surface area (Å²) < 4.78 is 73.4. The van der Waals surface area contributed by atoms with Gasteiger partial charge in [-0.25, -0.2) is 22.6 Å². The lowest BCUT2D eigenvalue weighted by atomic mass is 9.91. The molecule has 2 aromatic heterocycles. The molecule has 0 radical (unpaired) electrons. The summed E-state index contributed by atoms with van der Waals surface area (Å²) in [5.41, 5.74) is 3.55. The number of nitrogens with one attached hydrogen (secondary N) is 3. The summed E-state index contributed by atoms with van der Waals surface area (Å²) in [6.07, 6.45) is 1.74. The quantitative estimate of drug-likeness (QED) is 0.111. The van der Waals surface area contributed by atoms with E-state index in [0.29, 0.717) is 29.2 Å². The number of fused-ring (bicyclic) bond motifs is 1. The molecular weight excluding hydrogens is 690 g/mol. The van der Waals surface area contributed by atoms with Gasteiger partial charge in [-0.15, -0.1) is 0 Å². The van der Waals surface area contributed by atoms with Crippen molar-refractivity contribution in [3.63, 3.8) is 0 Å². The highest BCUT2D eigenvalue weighted by Gasteiger charge is 2.38. The molecule has 51 heavy (non-hydrogen) atoms. The molecule has 4 N–H and O–H groups in total. The molecule has 268 valence electrons. The van der Waals surface area contributed by atoms with Gasteiger partial charge in [-0.2, -0.15) is 22.5 Å². The number of hydrogen-bond acceptors (Lipinski definition) is 9. The molecule has 1 saturated carbocycles. The average Bonchev–Trinajstić information content (AvgIpc) is 3.12. The normalized spacial score (nSPS) is 16.3. The molecule has 1 aliphatic carbocycles. The van der Waals surface area contributed by atoms with E-state index in [-0.39, 0.29) is 16.8 Å². The Kier molecular flexibility index (Phi) is 11.8. The van der Waals surface area contributed by atoms with Gasteiger partial charge in [0.2, 0.25) is 16.0 Å². The third kappa shape index (κ3) is 10.2. The summed E-state index contributed by atoms with van der Waals surface area (Å²) in [4.78, 5) is 22.2. The number of carbonyl (C=O) groups is 1. The number of alkyl halides is 3. The Morgan fingerprint density at radius 1 is 0.882 bits per heavy atom. The van der Waals surface area contributed by atoms with Crippen LogP contribution in [0.2, 0.25) is 0 Å². The summed E-state index contributed by atoms with van der Waals surface area (Å²) in [6, 6.07) is 24.9. The minimum atomic E-state index is -5.08. The standard InChI is InChI=1S/C33H34FN7O2S.C2HF3O2/c1-41(29-13-9-26(10-14-29)37-22-23-4-17-31-24(21-23)3-2-19-35-31)44(42,43)30-15-11-28(12-16-30)39-33-36-20-18-32(40-33)38-27-7-5-25(34)6-8-27;3-2(4,5)1(6)7/h2-8,11-12,15-21,26,29,37H,9-10,13-14,22H2,1H3,(H2,36,38,39,40);(H,6,7). The fourth-order valence-corrected chi connectivity index (χ4v) is 6.93. The van der Waals surface area contributed by atoms with Crippen molar-refractivity contribution in [3.8, 4) is 0 Å². The number of carboxylic acids is 1. The lowest BCUT2D eigenvalue weighted by Gasteiger charge is -2.34. The number of pyridine rings is 1. The van der Waals surface area contributed by atoms with Crippen LogP contribution < -0.4 is 16.0 Å². The van der Waals surface area contributed by atoms with Gasteiger partial charge in [0.25, 0.3) is 0 Å². The predicted octanol–water partition coefficient (Wildman–Crippen LogP) is 7.01. The molecule has 0 saturated heterocycles. The molecule has 0 unspecified atom stereocenters. The van der Waals surface area contributed by atoms with Gasteiger partial charge in [0.15, 0.2) is 0 Å². The van der Waals surface area contributed by atoms with Crippen molar-refractivity contribution in [1.82, 2.24) is 24.6 Å². The van der Waals surface area contributed by atoms with Gasteiger partial charge < -0.3 is 21.1 Å². The Balaban J connectivity index is 0.000000654. The molecule has 0 amide bonds. The van der Waals surface area contributed by atoms with Crippen molar-refractivity contribution < 1.29 is 35.9 Å². The van der Waals surface area contributed by atoms with E-state index >= 15 is 0 Å². The first kappa shape index (κ1) is 37.1. The van der Waals surface area contributed by atoms with Crippen LogP contribution in [0, 0.1) is 5.82 Å². The highest BCUT2D eigenvalue weighted by Crippen LogP contribution is 2.28. The molecule has 5 aromatic rings. The number of rotatable bonds is 10. The monoisotopic (exact) mass is 725 g/mol. The topological polar surface area (TPSA) is 149 Å². The second kappa shape index (κ2) is 16.2. The lowest BCUT2D eigenvalue weighted by Crippen LogP contribution is -2.43. The van der Waals surface area contributed by atoms with Crippen molar-refractivity contribution in [1.29, 1.82) is 0 Å². The van der Waals surface area contributed by atoms with E-state index in [1.54, 1.807) is 61.9 Å². The molecule has 6 rings (SSSR count). The van der Waals surface area contributed by atoms with E-state index in [0.717, 1.165) is 43.1 Å². The smallest absolute Gasteiger partial charge is 0.475 e. The lowest BCUT2D eigenvalue weighted by molar-refractivity contribution is -0.192. The molecule has 1 aliphatic rings.